The topological polar surface area (TPSA) is 44.1 Å². The van der Waals surface area contributed by atoms with E-state index in [0.29, 0.717) is 8.25 Å². The molecule has 14 heavy (non-hydrogen) atoms. The van der Waals surface area contributed by atoms with Crippen LogP contribution in [0.4, 0.5) is 8.78 Å². The summed E-state index contributed by atoms with van der Waals surface area (Å²) in [7, 11) is 0. The first-order valence-corrected chi connectivity index (χ1v) is 4.84. The Hall–Kier alpha value is -0.730. The second kappa shape index (κ2) is 4.67. The van der Waals surface area contributed by atoms with Crippen molar-refractivity contribution in [1.82, 2.24) is 9.78 Å². The molecule has 0 atom stereocenters. The van der Waals surface area contributed by atoms with Gasteiger partial charge in [0.2, 0.25) is 0 Å². The molecular weight excluding hydrogens is 309 g/mol. The zero-order chi connectivity index (χ0) is 10.7. The summed E-state index contributed by atoms with van der Waals surface area (Å²) in [5.74, 6) is -0.684. The third kappa shape index (κ3) is 2.40. The van der Waals surface area contributed by atoms with Gasteiger partial charge in [0.1, 0.15) is 0 Å². The lowest BCUT2D eigenvalue weighted by Crippen LogP contribution is -2.08. The van der Waals surface area contributed by atoms with E-state index in [1.807, 2.05) is 0 Å². The minimum atomic E-state index is -2.74. The number of carbonyl (C=O) groups is 1. The van der Waals surface area contributed by atoms with E-state index in [-0.39, 0.29) is 12.3 Å². The highest BCUT2D eigenvalue weighted by Gasteiger charge is 2.18. The van der Waals surface area contributed by atoms with Crippen molar-refractivity contribution in [2.45, 2.75) is 13.5 Å². The monoisotopic (exact) mass is 316 g/mol. The quantitative estimate of drug-likeness (QED) is 0.633. The van der Waals surface area contributed by atoms with Gasteiger partial charge in [-0.05, 0) is 29.5 Å². The normalized spacial score (nSPS) is 10.6. The highest BCUT2D eigenvalue weighted by Crippen LogP contribution is 2.16. The first-order chi connectivity index (χ1) is 6.56. The van der Waals surface area contributed by atoms with Crippen LogP contribution in [0, 0.1) is 3.57 Å². The van der Waals surface area contributed by atoms with Gasteiger partial charge in [-0.2, -0.15) is 13.9 Å². The lowest BCUT2D eigenvalue weighted by molar-refractivity contribution is 0.0480. The Kier molecular flexibility index (Phi) is 3.78. The van der Waals surface area contributed by atoms with Gasteiger partial charge in [-0.3, -0.25) is 0 Å². The fourth-order valence-electron chi connectivity index (χ4n) is 0.807. The SMILES string of the molecule is CCOC(=O)c1nn(C(F)F)cc1I. The van der Waals surface area contributed by atoms with Gasteiger partial charge in [-0.1, -0.05) is 0 Å². The predicted octanol–water partition coefficient (Wildman–Crippen LogP) is 2.06. The van der Waals surface area contributed by atoms with Crippen molar-refractivity contribution >= 4 is 28.6 Å². The number of hydrogen-bond donors (Lipinski definition) is 0. The van der Waals surface area contributed by atoms with Crippen molar-refractivity contribution in [2.75, 3.05) is 6.61 Å². The Bertz CT molecular complexity index is 340. The molecule has 0 spiro atoms. The molecule has 0 saturated carbocycles. The van der Waals surface area contributed by atoms with Crippen molar-refractivity contribution in [3.63, 3.8) is 0 Å². The number of nitrogens with zero attached hydrogens (tertiary/aromatic N) is 2. The van der Waals surface area contributed by atoms with Crippen molar-refractivity contribution in [2.24, 2.45) is 0 Å². The van der Waals surface area contributed by atoms with Gasteiger partial charge < -0.3 is 4.74 Å². The van der Waals surface area contributed by atoms with Crippen LogP contribution in [0.15, 0.2) is 6.20 Å². The molecule has 0 N–H and O–H groups in total. The van der Waals surface area contributed by atoms with Gasteiger partial charge in [0.15, 0.2) is 5.69 Å². The minimum Gasteiger partial charge on any atom is -0.461 e. The summed E-state index contributed by atoms with van der Waals surface area (Å²) in [5, 5.41) is 3.41. The molecule has 0 saturated heterocycles. The van der Waals surface area contributed by atoms with Crippen molar-refractivity contribution in [3.05, 3.63) is 15.5 Å². The molecule has 1 aromatic rings. The van der Waals surface area contributed by atoms with Crippen LogP contribution in [0.5, 0.6) is 0 Å². The molecule has 0 amide bonds. The van der Waals surface area contributed by atoms with Crippen LogP contribution < -0.4 is 0 Å². The second-order valence-corrected chi connectivity index (χ2v) is 3.47. The number of esters is 1. The standard InChI is InChI=1S/C7H7F2IN2O2/c1-2-14-6(13)5-4(10)3-12(11-5)7(8)9/h3,7H,2H2,1H3. The van der Waals surface area contributed by atoms with Crippen LogP contribution in [0.2, 0.25) is 0 Å². The highest BCUT2D eigenvalue weighted by molar-refractivity contribution is 14.1. The Morgan fingerprint density at radius 1 is 1.79 bits per heavy atom. The summed E-state index contributed by atoms with van der Waals surface area (Å²) < 4.78 is 29.7. The molecule has 0 aromatic carbocycles. The smallest absolute Gasteiger partial charge is 0.359 e. The zero-order valence-electron chi connectivity index (χ0n) is 7.21. The van der Waals surface area contributed by atoms with E-state index in [4.69, 9.17) is 0 Å². The van der Waals surface area contributed by atoms with E-state index in [9.17, 15) is 13.6 Å². The van der Waals surface area contributed by atoms with Gasteiger partial charge >= 0.3 is 12.5 Å². The Morgan fingerprint density at radius 2 is 2.43 bits per heavy atom. The van der Waals surface area contributed by atoms with Crippen LogP contribution >= 0.6 is 22.6 Å². The van der Waals surface area contributed by atoms with Gasteiger partial charge in [0.25, 0.3) is 0 Å². The average molecular weight is 316 g/mol. The van der Waals surface area contributed by atoms with E-state index in [1.54, 1.807) is 29.5 Å². The molecule has 4 nitrogen and oxygen atoms in total. The molecule has 0 aliphatic carbocycles. The molecule has 1 heterocycles. The number of hydrogen-bond acceptors (Lipinski definition) is 3. The summed E-state index contributed by atoms with van der Waals surface area (Å²) in [6.45, 7) is -0.919. The predicted molar refractivity (Wildman–Crippen MR) is 52.2 cm³/mol. The summed E-state index contributed by atoms with van der Waals surface area (Å²) in [5.41, 5.74) is -0.0762. The number of rotatable bonds is 3. The molecule has 0 aliphatic rings. The van der Waals surface area contributed by atoms with Crippen LogP contribution in [-0.4, -0.2) is 22.4 Å². The number of alkyl halides is 2. The van der Waals surface area contributed by atoms with E-state index >= 15 is 0 Å². The van der Waals surface area contributed by atoms with E-state index in [2.05, 4.69) is 9.84 Å². The summed E-state index contributed by atoms with van der Waals surface area (Å²) in [6, 6.07) is 0. The average Bonchev–Trinajstić information content (AvgIpc) is 2.48. The number of carbonyl (C=O) groups excluding carboxylic acids is 1. The van der Waals surface area contributed by atoms with Crippen LogP contribution in [0.1, 0.15) is 24.0 Å². The zero-order valence-corrected chi connectivity index (χ0v) is 9.36. The minimum absolute atomic E-state index is 0.0762. The Balaban J connectivity index is 2.92. The lowest BCUT2D eigenvalue weighted by atomic mass is 10.4. The Morgan fingerprint density at radius 3 is 2.86 bits per heavy atom. The number of aromatic nitrogens is 2. The summed E-state index contributed by atoms with van der Waals surface area (Å²) in [6.07, 6.45) is 1.09. The maximum absolute atomic E-state index is 12.2. The lowest BCUT2D eigenvalue weighted by Gasteiger charge is -1.98. The molecule has 0 aliphatic heterocycles. The molecule has 1 aromatic heterocycles. The second-order valence-electron chi connectivity index (χ2n) is 2.30. The van der Waals surface area contributed by atoms with E-state index in [0.717, 1.165) is 6.20 Å². The van der Waals surface area contributed by atoms with Gasteiger partial charge in [-0.15, -0.1) is 0 Å². The van der Waals surface area contributed by atoms with Gasteiger partial charge in [0.05, 0.1) is 10.2 Å². The van der Waals surface area contributed by atoms with Gasteiger partial charge in [-0.25, -0.2) is 9.48 Å². The molecule has 0 radical (unpaired) electrons. The highest BCUT2D eigenvalue weighted by atomic mass is 127. The van der Waals surface area contributed by atoms with Gasteiger partial charge in [0, 0.05) is 6.20 Å². The van der Waals surface area contributed by atoms with Crippen LogP contribution in [0.25, 0.3) is 0 Å². The fraction of sp³-hybridized carbons (Fsp3) is 0.429. The van der Waals surface area contributed by atoms with Crippen LogP contribution in [0.3, 0.4) is 0 Å². The van der Waals surface area contributed by atoms with E-state index < -0.39 is 12.5 Å². The fourth-order valence-corrected chi connectivity index (χ4v) is 1.42. The van der Waals surface area contributed by atoms with Crippen molar-refractivity contribution < 1.29 is 18.3 Å². The summed E-state index contributed by atoms with van der Waals surface area (Å²) in [4.78, 5) is 11.2. The molecule has 0 fully saturated rings. The third-order valence-electron chi connectivity index (χ3n) is 1.36. The maximum Gasteiger partial charge on any atom is 0.359 e. The largest absolute Gasteiger partial charge is 0.461 e. The molecule has 0 bridgehead atoms. The number of ether oxygens (including phenoxy) is 1. The molecule has 0 unspecified atom stereocenters. The molecular formula is C7H7F2IN2O2. The summed E-state index contributed by atoms with van der Waals surface area (Å²) >= 11 is 1.75. The van der Waals surface area contributed by atoms with Crippen molar-refractivity contribution in [1.29, 1.82) is 0 Å². The van der Waals surface area contributed by atoms with Crippen LogP contribution in [-0.2, 0) is 4.74 Å². The Labute approximate surface area is 92.4 Å². The first kappa shape index (κ1) is 11.3. The molecule has 78 valence electrons. The molecule has 1 rings (SSSR count). The maximum atomic E-state index is 12.2. The molecule has 7 heteroatoms. The first-order valence-electron chi connectivity index (χ1n) is 3.76. The van der Waals surface area contributed by atoms with E-state index in [1.165, 1.54) is 0 Å². The third-order valence-corrected chi connectivity index (χ3v) is 2.15. The number of halogens is 3. The van der Waals surface area contributed by atoms with Crippen molar-refractivity contribution in [3.8, 4) is 0 Å².